The average molecular weight is 225 g/mol. The number of hydrogen-bond acceptors (Lipinski definition) is 1. The second kappa shape index (κ2) is 10.7. The molecular formula is C14H27NO. The Morgan fingerprint density at radius 1 is 1.00 bits per heavy atom. The van der Waals surface area contributed by atoms with E-state index in [2.05, 4.69) is 13.0 Å². The third-order valence-electron chi connectivity index (χ3n) is 2.68. The lowest BCUT2D eigenvalue weighted by Gasteiger charge is -2.06. The minimum absolute atomic E-state index is 0.180. The highest BCUT2D eigenvalue weighted by atomic mass is 16.2. The van der Waals surface area contributed by atoms with Crippen LogP contribution in [0.15, 0.2) is 12.2 Å². The first kappa shape index (κ1) is 15.2. The summed E-state index contributed by atoms with van der Waals surface area (Å²) in [6.07, 6.45) is 13.8. The summed E-state index contributed by atoms with van der Waals surface area (Å²) >= 11 is 0. The second-order valence-electron chi connectivity index (χ2n) is 4.52. The van der Waals surface area contributed by atoms with Crippen LogP contribution >= 0.6 is 0 Å². The standard InChI is InChI=1S/C14H27NO/c1-4-5-6-7-8-9-10-11-12-13-14(16)15(2)3/h11-12H,4-10,13H2,1-3H3/b12-11+. The third-order valence-corrected chi connectivity index (χ3v) is 2.68. The van der Waals surface area contributed by atoms with E-state index in [0.29, 0.717) is 6.42 Å². The first-order valence-electron chi connectivity index (χ1n) is 6.53. The molecule has 0 aliphatic rings. The molecule has 2 heteroatoms. The zero-order valence-electron chi connectivity index (χ0n) is 11.2. The SMILES string of the molecule is CCCCCCCC/C=C/CC(=O)N(C)C. The summed E-state index contributed by atoms with van der Waals surface area (Å²) in [4.78, 5) is 12.9. The van der Waals surface area contributed by atoms with Gasteiger partial charge in [0.1, 0.15) is 0 Å². The number of rotatable bonds is 9. The van der Waals surface area contributed by atoms with Gasteiger partial charge in [-0.3, -0.25) is 4.79 Å². The van der Waals surface area contributed by atoms with Gasteiger partial charge in [0.25, 0.3) is 0 Å². The van der Waals surface area contributed by atoms with Crippen LogP contribution in [0.25, 0.3) is 0 Å². The number of nitrogens with zero attached hydrogens (tertiary/aromatic N) is 1. The molecule has 0 radical (unpaired) electrons. The van der Waals surface area contributed by atoms with Crippen molar-refractivity contribution < 1.29 is 4.79 Å². The number of carbonyl (C=O) groups is 1. The van der Waals surface area contributed by atoms with Crippen LogP contribution in [-0.4, -0.2) is 24.9 Å². The molecule has 0 aliphatic heterocycles. The van der Waals surface area contributed by atoms with Gasteiger partial charge in [-0.25, -0.2) is 0 Å². The molecule has 0 N–H and O–H groups in total. The molecule has 0 aromatic rings. The summed E-state index contributed by atoms with van der Waals surface area (Å²) in [7, 11) is 3.59. The van der Waals surface area contributed by atoms with E-state index in [0.717, 1.165) is 6.42 Å². The topological polar surface area (TPSA) is 20.3 Å². The van der Waals surface area contributed by atoms with Gasteiger partial charge in [-0.05, 0) is 12.8 Å². The lowest BCUT2D eigenvalue weighted by molar-refractivity contribution is -0.127. The van der Waals surface area contributed by atoms with Gasteiger partial charge in [0, 0.05) is 20.5 Å². The minimum atomic E-state index is 0.180. The van der Waals surface area contributed by atoms with E-state index in [4.69, 9.17) is 0 Å². The van der Waals surface area contributed by atoms with Crippen molar-refractivity contribution in [2.45, 2.75) is 58.3 Å². The van der Waals surface area contributed by atoms with Crippen molar-refractivity contribution in [3.8, 4) is 0 Å². The molecule has 0 unspecified atom stereocenters. The van der Waals surface area contributed by atoms with Crippen molar-refractivity contribution in [1.29, 1.82) is 0 Å². The highest BCUT2D eigenvalue weighted by Crippen LogP contribution is 2.07. The molecule has 0 atom stereocenters. The van der Waals surface area contributed by atoms with E-state index in [-0.39, 0.29) is 5.91 Å². The van der Waals surface area contributed by atoms with Crippen LogP contribution in [0.3, 0.4) is 0 Å². The molecule has 0 heterocycles. The fourth-order valence-electron chi connectivity index (χ4n) is 1.53. The summed E-state index contributed by atoms with van der Waals surface area (Å²) in [5, 5.41) is 0. The molecule has 2 nitrogen and oxygen atoms in total. The molecule has 1 amide bonds. The van der Waals surface area contributed by atoms with Crippen LogP contribution in [0.2, 0.25) is 0 Å². The molecule has 0 rings (SSSR count). The summed E-state index contributed by atoms with van der Waals surface area (Å²) in [6.45, 7) is 2.24. The van der Waals surface area contributed by atoms with Crippen molar-refractivity contribution in [2.75, 3.05) is 14.1 Å². The normalized spacial score (nSPS) is 10.9. The Labute approximate surface area is 101 Å². The van der Waals surface area contributed by atoms with Crippen molar-refractivity contribution in [2.24, 2.45) is 0 Å². The van der Waals surface area contributed by atoms with Crippen molar-refractivity contribution in [3.05, 3.63) is 12.2 Å². The zero-order valence-corrected chi connectivity index (χ0v) is 11.2. The quantitative estimate of drug-likeness (QED) is 0.432. The second-order valence-corrected chi connectivity index (χ2v) is 4.52. The maximum Gasteiger partial charge on any atom is 0.225 e. The molecule has 94 valence electrons. The first-order valence-corrected chi connectivity index (χ1v) is 6.53. The summed E-state index contributed by atoms with van der Waals surface area (Å²) in [5.41, 5.74) is 0. The molecule has 0 aromatic heterocycles. The maximum atomic E-state index is 11.2. The number of unbranched alkanes of at least 4 members (excludes halogenated alkanes) is 6. The smallest absolute Gasteiger partial charge is 0.225 e. The van der Waals surface area contributed by atoms with E-state index in [9.17, 15) is 4.79 Å². The van der Waals surface area contributed by atoms with Gasteiger partial charge >= 0.3 is 0 Å². The van der Waals surface area contributed by atoms with Gasteiger partial charge in [-0.1, -0.05) is 51.2 Å². The van der Waals surface area contributed by atoms with E-state index in [1.165, 1.54) is 38.5 Å². The number of hydrogen-bond donors (Lipinski definition) is 0. The van der Waals surface area contributed by atoms with E-state index < -0.39 is 0 Å². The van der Waals surface area contributed by atoms with Gasteiger partial charge in [0.2, 0.25) is 5.91 Å². The number of carbonyl (C=O) groups excluding carboxylic acids is 1. The van der Waals surface area contributed by atoms with Gasteiger partial charge in [0.15, 0.2) is 0 Å². The van der Waals surface area contributed by atoms with Crippen molar-refractivity contribution >= 4 is 5.91 Å². The number of allylic oxidation sites excluding steroid dienone is 1. The predicted octanol–water partition coefficient (Wildman–Crippen LogP) is 3.77. The Bertz CT molecular complexity index is 197. The summed E-state index contributed by atoms with van der Waals surface area (Å²) < 4.78 is 0. The highest BCUT2D eigenvalue weighted by molar-refractivity contribution is 5.76. The highest BCUT2D eigenvalue weighted by Gasteiger charge is 1.98. The predicted molar refractivity (Wildman–Crippen MR) is 70.4 cm³/mol. The van der Waals surface area contributed by atoms with Crippen LogP contribution in [0.4, 0.5) is 0 Å². The fourth-order valence-corrected chi connectivity index (χ4v) is 1.53. The lowest BCUT2D eigenvalue weighted by Crippen LogP contribution is -2.20. The minimum Gasteiger partial charge on any atom is -0.349 e. The van der Waals surface area contributed by atoms with Gasteiger partial charge in [0.05, 0.1) is 0 Å². The van der Waals surface area contributed by atoms with Crippen molar-refractivity contribution in [1.82, 2.24) is 4.90 Å². The third kappa shape index (κ3) is 9.75. The van der Waals surface area contributed by atoms with Crippen LogP contribution in [0.1, 0.15) is 58.3 Å². The zero-order chi connectivity index (χ0) is 12.2. The maximum absolute atomic E-state index is 11.2. The summed E-state index contributed by atoms with van der Waals surface area (Å²) in [6, 6.07) is 0. The van der Waals surface area contributed by atoms with E-state index in [1.807, 2.05) is 6.08 Å². The Balaban J connectivity index is 3.25. The molecular weight excluding hydrogens is 198 g/mol. The van der Waals surface area contributed by atoms with E-state index >= 15 is 0 Å². The van der Waals surface area contributed by atoms with Crippen LogP contribution in [0, 0.1) is 0 Å². The molecule has 0 fully saturated rings. The Morgan fingerprint density at radius 3 is 2.25 bits per heavy atom. The Kier molecular flexibility index (Phi) is 10.2. The molecule has 0 aromatic carbocycles. The van der Waals surface area contributed by atoms with Crippen LogP contribution in [0.5, 0.6) is 0 Å². The van der Waals surface area contributed by atoms with Gasteiger partial charge < -0.3 is 4.90 Å². The number of amides is 1. The lowest BCUT2D eigenvalue weighted by atomic mass is 10.1. The average Bonchev–Trinajstić information content (AvgIpc) is 2.26. The van der Waals surface area contributed by atoms with Crippen molar-refractivity contribution in [3.63, 3.8) is 0 Å². The Hall–Kier alpha value is -0.790. The largest absolute Gasteiger partial charge is 0.349 e. The van der Waals surface area contributed by atoms with Crippen LogP contribution < -0.4 is 0 Å². The molecule has 0 aliphatic carbocycles. The molecule has 0 bridgehead atoms. The fraction of sp³-hybridized carbons (Fsp3) is 0.786. The van der Waals surface area contributed by atoms with E-state index in [1.54, 1.807) is 19.0 Å². The molecule has 16 heavy (non-hydrogen) atoms. The van der Waals surface area contributed by atoms with Crippen LogP contribution in [-0.2, 0) is 4.79 Å². The first-order chi connectivity index (χ1) is 7.68. The molecule has 0 saturated carbocycles. The Morgan fingerprint density at radius 2 is 1.62 bits per heavy atom. The molecule has 0 spiro atoms. The monoisotopic (exact) mass is 225 g/mol. The molecule has 0 saturated heterocycles. The van der Waals surface area contributed by atoms with Gasteiger partial charge in [-0.2, -0.15) is 0 Å². The van der Waals surface area contributed by atoms with Gasteiger partial charge in [-0.15, -0.1) is 0 Å². The summed E-state index contributed by atoms with van der Waals surface area (Å²) in [5.74, 6) is 0.180.